The lowest BCUT2D eigenvalue weighted by Gasteiger charge is -2.16. The molecule has 0 saturated heterocycles. The zero-order valence-electron chi connectivity index (χ0n) is 12.7. The van der Waals surface area contributed by atoms with E-state index in [1.165, 1.54) is 0 Å². The summed E-state index contributed by atoms with van der Waals surface area (Å²) < 4.78 is 7.61. The van der Waals surface area contributed by atoms with Crippen LogP contribution >= 0.6 is 0 Å². The van der Waals surface area contributed by atoms with Crippen molar-refractivity contribution in [1.29, 1.82) is 0 Å². The zero-order chi connectivity index (χ0) is 15.6. The lowest BCUT2D eigenvalue weighted by Crippen LogP contribution is -2.33. The summed E-state index contributed by atoms with van der Waals surface area (Å²) in [5, 5.41) is 13.9. The van der Waals surface area contributed by atoms with Gasteiger partial charge in [0.2, 0.25) is 5.91 Å². The summed E-state index contributed by atoms with van der Waals surface area (Å²) in [5.74, 6) is 1.23. The third-order valence-electron chi connectivity index (χ3n) is 4.12. The second kappa shape index (κ2) is 6.02. The molecule has 1 aromatic carbocycles. The van der Waals surface area contributed by atoms with Crippen molar-refractivity contribution < 1.29 is 9.53 Å². The second-order valence-corrected chi connectivity index (χ2v) is 5.68. The van der Waals surface area contributed by atoms with Crippen molar-refractivity contribution in [3.63, 3.8) is 0 Å². The highest BCUT2D eigenvalue weighted by Gasteiger charge is 2.26. The zero-order valence-corrected chi connectivity index (χ0v) is 12.7. The maximum Gasteiger partial charge on any atom is 0.247 e. The van der Waals surface area contributed by atoms with Gasteiger partial charge in [-0.15, -0.1) is 0 Å². The first-order valence-corrected chi connectivity index (χ1v) is 7.85. The normalized spacial score (nSPS) is 19.9. The number of aromatic nitrogens is 2. The highest BCUT2D eigenvalue weighted by molar-refractivity contribution is 5.95. The highest BCUT2D eigenvalue weighted by atomic mass is 16.5. The van der Waals surface area contributed by atoms with Crippen molar-refractivity contribution >= 4 is 11.7 Å². The first-order chi connectivity index (χ1) is 11.3. The predicted molar refractivity (Wildman–Crippen MR) is 85.2 cm³/mol. The van der Waals surface area contributed by atoms with Crippen molar-refractivity contribution in [3.8, 4) is 5.75 Å². The molecular weight excluding hydrogens is 294 g/mol. The minimum atomic E-state index is -0.439. The maximum absolute atomic E-state index is 12.7. The molecule has 0 aliphatic carbocycles. The quantitative estimate of drug-likeness (QED) is 0.758. The van der Waals surface area contributed by atoms with Crippen molar-refractivity contribution in [1.82, 2.24) is 20.4 Å². The van der Waals surface area contributed by atoms with Crippen LogP contribution in [0.25, 0.3) is 0 Å². The SMILES string of the molecule is O=C(Nc1cc2n(n1)CCNC2)C1NCCOc2ccccc21. The molecule has 7 nitrogen and oxygen atoms in total. The molecule has 1 atom stereocenters. The third-order valence-corrected chi connectivity index (χ3v) is 4.12. The number of nitrogens with zero attached hydrogens (tertiary/aromatic N) is 2. The van der Waals surface area contributed by atoms with Gasteiger partial charge < -0.3 is 15.4 Å². The van der Waals surface area contributed by atoms with Crippen LogP contribution in [0.2, 0.25) is 0 Å². The van der Waals surface area contributed by atoms with Gasteiger partial charge in [-0.05, 0) is 6.07 Å². The van der Waals surface area contributed by atoms with Crippen LogP contribution in [0.1, 0.15) is 17.3 Å². The van der Waals surface area contributed by atoms with Crippen LogP contribution in [0.5, 0.6) is 5.75 Å². The number of amides is 1. The molecule has 2 aliphatic heterocycles. The molecule has 23 heavy (non-hydrogen) atoms. The molecular formula is C16H19N5O2. The van der Waals surface area contributed by atoms with E-state index in [1.54, 1.807) is 0 Å². The number of anilines is 1. The van der Waals surface area contributed by atoms with Crippen molar-refractivity contribution in [2.45, 2.75) is 19.1 Å². The number of para-hydroxylation sites is 1. The average molecular weight is 313 g/mol. The van der Waals surface area contributed by atoms with E-state index in [4.69, 9.17) is 4.74 Å². The van der Waals surface area contributed by atoms with Gasteiger partial charge in [0, 0.05) is 31.3 Å². The number of fused-ring (bicyclic) bond motifs is 2. The first-order valence-electron chi connectivity index (χ1n) is 7.85. The summed E-state index contributed by atoms with van der Waals surface area (Å²) in [6.45, 7) is 3.67. The summed E-state index contributed by atoms with van der Waals surface area (Å²) in [7, 11) is 0. The number of hydrogen-bond donors (Lipinski definition) is 3. The van der Waals surface area contributed by atoms with E-state index in [9.17, 15) is 4.79 Å². The van der Waals surface area contributed by atoms with Crippen LogP contribution in [-0.4, -0.2) is 35.4 Å². The summed E-state index contributed by atoms with van der Waals surface area (Å²) >= 11 is 0. The Balaban J connectivity index is 1.56. The van der Waals surface area contributed by atoms with E-state index >= 15 is 0 Å². The Morgan fingerprint density at radius 1 is 1.35 bits per heavy atom. The molecule has 2 aromatic rings. The molecule has 0 fully saturated rings. The Labute approximate surface area is 134 Å². The van der Waals surface area contributed by atoms with Crippen LogP contribution in [0, 0.1) is 0 Å². The van der Waals surface area contributed by atoms with E-state index in [1.807, 2.05) is 35.0 Å². The fourth-order valence-electron chi connectivity index (χ4n) is 3.01. The molecule has 3 heterocycles. The van der Waals surface area contributed by atoms with Crippen LogP contribution in [-0.2, 0) is 17.9 Å². The molecule has 4 rings (SSSR count). The van der Waals surface area contributed by atoms with E-state index < -0.39 is 6.04 Å². The topological polar surface area (TPSA) is 80.2 Å². The first kappa shape index (κ1) is 14.2. The molecule has 1 unspecified atom stereocenters. The summed E-state index contributed by atoms with van der Waals surface area (Å²) in [6.07, 6.45) is 0. The molecule has 0 spiro atoms. The molecule has 1 amide bonds. The van der Waals surface area contributed by atoms with Gasteiger partial charge in [0.05, 0.1) is 12.2 Å². The Morgan fingerprint density at radius 2 is 2.26 bits per heavy atom. The number of benzene rings is 1. The Hall–Kier alpha value is -2.38. The van der Waals surface area contributed by atoms with Crippen LogP contribution in [0.4, 0.5) is 5.82 Å². The largest absolute Gasteiger partial charge is 0.492 e. The van der Waals surface area contributed by atoms with Gasteiger partial charge in [0.1, 0.15) is 18.4 Å². The van der Waals surface area contributed by atoms with Crippen LogP contribution in [0.15, 0.2) is 30.3 Å². The van der Waals surface area contributed by atoms with Crippen LogP contribution < -0.4 is 20.7 Å². The van der Waals surface area contributed by atoms with Gasteiger partial charge in [0.25, 0.3) is 0 Å². The summed E-state index contributed by atoms with van der Waals surface area (Å²) in [4.78, 5) is 12.7. The maximum atomic E-state index is 12.7. The van der Waals surface area contributed by atoms with E-state index in [2.05, 4.69) is 21.0 Å². The van der Waals surface area contributed by atoms with E-state index in [0.29, 0.717) is 19.0 Å². The third kappa shape index (κ3) is 2.80. The van der Waals surface area contributed by atoms with Crippen molar-refractivity contribution in [2.75, 3.05) is 25.0 Å². The van der Waals surface area contributed by atoms with Gasteiger partial charge in [0.15, 0.2) is 5.82 Å². The Morgan fingerprint density at radius 3 is 3.17 bits per heavy atom. The average Bonchev–Trinajstić information content (AvgIpc) is 2.84. The summed E-state index contributed by atoms with van der Waals surface area (Å²) in [6, 6.07) is 9.12. The van der Waals surface area contributed by atoms with Crippen molar-refractivity contribution in [2.24, 2.45) is 0 Å². The fraction of sp³-hybridized carbons (Fsp3) is 0.375. The highest BCUT2D eigenvalue weighted by Crippen LogP contribution is 2.27. The van der Waals surface area contributed by atoms with E-state index in [0.717, 1.165) is 36.6 Å². The number of carbonyl (C=O) groups excluding carboxylic acids is 1. The molecule has 0 bridgehead atoms. The van der Waals surface area contributed by atoms with Gasteiger partial charge in [-0.25, -0.2) is 0 Å². The fourth-order valence-corrected chi connectivity index (χ4v) is 3.01. The lowest BCUT2D eigenvalue weighted by molar-refractivity contribution is -0.118. The van der Waals surface area contributed by atoms with Crippen LogP contribution in [0.3, 0.4) is 0 Å². The second-order valence-electron chi connectivity index (χ2n) is 5.68. The number of nitrogens with one attached hydrogen (secondary N) is 3. The standard InChI is InChI=1S/C16H19N5O2/c22-16(19-14-9-11-10-17-5-7-21(11)20-14)15-12-3-1-2-4-13(12)23-8-6-18-15/h1-4,9,15,17-18H,5-8,10H2,(H,19,20,22). The van der Waals surface area contributed by atoms with Gasteiger partial charge >= 0.3 is 0 Å². The molecule has 0 saturated carbocycles. The van der Waals surface area contributed by atoms with Gasteiger partial charge in [-0.2, -0.15) is 5.10 Å². The minimum absolute atomic E-state index is 0.119. The van der Waals surface area contributed by atoms with Crippen molar-refractivity contribution in [3.05, 3.63) is 41.6 Å². The van der Waals surface area contributed by atoms with E-state index in [-0.39, 0.29) is 5.91 Å². The smallest absolute Gasteiger partial charge is 0.247 e. The number of hydrogen-bond acceptors (Lipinski definition) is 5. The Bertz CT molecular complexity index is 704. The molecule has 3 N–H and O–H groups in total. The number of carbonyl (C=O) groups is 1. The van der Waals surface area contributed by atoms with Gasteiger partial charge in [-0.1, -0.05) is 18.2 Å². The minimum Gasteiger partial charge on any atom is -0.492 e. The Kier molecular flexibility index (Phi) is 3.72. The predicted octanol–water partition coefficient (Wildman–Crippen LogP) is 0.648. The number of ether oxygens (including phenoxy) is 1. The molecule has 120 valence electrons. The summed E-state index contributed by atoms with van der Waals surface area (Å²) in [5.41, 5.74) is 1.94. The number of rotatable bonds is 2. The monoisotopic (exact) mass is 313 g/mol. The molecule has 0 radical (unpaired) electrons. The van der Waals surface area contributed by atoms with Gasteiger partial charge in [-0.3, -0.25) is 14.8 Å². The molecule has 2 aliphatic rings. The lowest BCUT2D eigenvalue weighted by atomic mass is 10.1. The molecule has 1 aromatic heterocycles. The molecule has 7 heteroatoms.